The molecule has 4 heteroatoms. The summed E-state index contributed by atoms with van der Waals surface area (Å²) in [4.78, 5) is 13.8. The predicted molar refractivity (Wildman–Crippen MR) is 41.9 cm³/mol. The lowest BCUT2D eigenvalue weighted by Gasteiger charge is -1.91. The van der Waals surface area contributed by atoms with Gasteiger partial charge < -0.3 is 14.1 Å². The predicted octanol–water partition coefficient (Wildman–Crippen LogP) is 1.55. The average Bonchev–Trinajstić information content (AvgIpc) is 2.60. The highest BCUT2D eigenvalue weighted by Crippen LogP contribution is 2.16. The van der Waals surface area contributed by atoms with Gasteiger partial charge >= 0.3 is 5.97 Å². The van der Waals surface area contributed by atoms with Gasteiger partial charge in [0, 0.05) is 5.39 Å². The summed E-state index contributed by atoms with van der Waals surface area (Å²) in [5, 5.41) is 0.871. The molecule has 2 aromatic rings. The first-order valence-electron chi connectivity index (χ1n) is 3.46. The number of aromatic amines is 1. The summed E-state index contributed by atoms with van der Waals surface area (Å²) in [7, 11) is 1.34. The van der Waals surface area contributed by atoms with Crippen LogP contribution in [0.3, 0.4) is 0 Å². The molecule has 62 valence electrons. The van der Waals surface area contributed by atoms with Crippen molar-refractivity contribution in [2.45, 2.75) is 0 Å². The van der Waals surface area contributed by atoms with E-state index in [0.29, 0.717) is 11.4 Å². The molecule has 2 rings (SSSR count). The van der Waals surface area contributed by atoms with E-state index in [0.717, 1.165) is 5.39 Å². The van der Waals surface area contributed by atoms with Crippen molar-refractivity contribution in [3.63, 3.8) is 0 Å². The van der Waals surface area contributed by atoms with Gasteiger partial charge in [0.2, 0.25) is 5.71 Å². The Hall–Kier alpha value is -1.71. The van der Waals surface area contributed by atoms with E-state index in [1.165, 1.54) is 7.11 Å². The number of carbonyl (C=O) groups is 1. The smallest absolute Gasteiger partial charge is 0.354 e. The van der Waals surface area contributed by atoms with Gasteiger partial charge in [0.25, 0.3) is 0 Å². The Balaban J connectivity index is 2.51. The third-order valence-electron chi connectivity index (χ3n) is 1.65. The lowest BCUT2D eigenvalue weighted by Crippen LogP contribution is -2.00. The Morgan fingerprint density at radius 1 is 1.67 bits per heavy atom. The Morgan fingerprint density at radius 3 is 3.17 bits per heavy atom. The minimum absolute atomic E-state index is 0.388. The van der Waals surface area contributed by atoms with Crippen LogP contribution in [0, 0.1) is 0 Å². The number of rotatable bonds is 1. The van der Waals surface area contributed by atoms with Gasteiger partial charge in [-0.3, -0.25) is 0 Å². The van der Waals surface area contributed by atoms with E-state index < -0.39 is 0 Å². The summed E-state index contributed by atoms with van der Waals surface area (Å²) < 4.78 is 9.55. The summed E-state index contributed by atoms with van der Waals surface area (Å²) in [5.74, 6) is -0.388. The Kier molecular flexibility index (Phi) is 1.40. The van der Waals surface area contributed by atoms with Gasteiger partial charge in [-0.15, -0.1) is 0 Å². The molecule has 0 saturated carbocycles. The largest absolute Gasteiger partial charge is 0.464 e. The molecule has 0 amide bonds. The first kappa shape index (κ1) is 6.97. The van der Waals surface area contributed by atoms with Gasteiger partial charge in [-0.05, 0) is 12.1 Å². The molecule has 0 unspecified atom stereocenters. The molecule has 1 N–H and O–H groups in total. The van der Waals surface area contributed by atoms with E-state index in [1.807, 2.05) is 0 Å². The van der Waals surface area contributed by atoms with Gasteiger partial charge in [0.15, 0.2) is 0 Å². The number of methoxy groups -OCH3 is 1. The zero-order valence-electron chi connectivity index (χ0n) is 6.46. The number of ether oxygens (including phenoxy) is 1. The van der Waals surface area contributed by atoms with E-state index in [9.17, 15) is 4.79 Å². The second kappa shape index (κ2) is 2.41. The number of nitrogens with one attached hydrogen (secondary N) is 1. The first-order chi connectivity index (χ1) is 5.81. The van der Waals surface area contributed by atoms with Gasteiger partial charge in [-0.1, -0.05) is 0 Å². The summed E-state index contributed by atoms with van der Waals surface area (Å²) in [6, 6.07) is 3.46. The zero-order valence-corrected chi connectivity index (χ0v) is 6.46. The van der Waals surface area contributed by atoms with Gasteiger partial charge in [-0.2, -0.15) is 0 Å². The molecule has 0 aromatic carbocycles. The summed E-state index contributed by atoms with van der Waals surface area (Å²) in [5.41, 5.74) is 1.00. The molecule has 0 radical (unpaired) electrons. The summed E-state index contributed by atoms with van der Waals surface area (Å²) >= 11 is 0. The van der Waals surface area contributed by atoms with Crippen LogP contribution in [0.15, 0.2) is 22.8 Å². The number of hydrogen-bond donors (Lipinski definition) is 1. The fourth-order valence-electron chi connectivity index (χ4n) is 1.07. The number of carbonyl (C=O) groups excluding carboxylic acids is 1. The normalized spacial score (nSPS) is 10.4. The minimum atomic E-state index is -0.388. The van der Waals surface area contributed by atoms with Gasteiger partial charge in [0.1, 0.15) is 5.69 Å². The highest BCUT2D eigenvalue weighted by Gasteiger charge is 2.09. The molecular formula is C8H7NO3. The zero-order chi connectivity index (χ0) is 8.55. The molecule has 2 heterocycles. The van der Waals surface area contributed by atoms with E-state index >= 15 is 0 Å². The lowest BCUT2D eigenvalue weighted by atomic mass is 10.4. The van der Waals surface area contributed by atoms with E-state index in [4.69, 9.17) is 4.42 Å². The number of hydrogen-bond acceptors (Lipinski definition) is 3. The minimum Gasteiger partial charge on any atom is -0.464 e. The standard InChI is InChI=1S/C8H7NO3/c1-11-8(10)6-4-5-2-3-12-7(5)9-6/h2-4,9H,1H3. The van der Waals surface area contributed by atoms with Crippen LogP contribution in [0.4, 0.5) is 0 Å². The van der Waals surface area contributed by atoms with Crippen LogP contribution in [-0.4, -0.2) is 18.1 Å². The van der Waals surface area contributed by atoms with Crippen molar-refractivity contribution >= 4 is 17.1 Å². The Labute approximate surface area is 68.1 Å². The fourth-order valence-corrected chi connectivity index (χ4v) is 1.07. The van der Waals surface area contributed by atoms with Crippen LogP contribution >= 0.6 is 0 Å². The van der Waals surface area contributed by atoms with Crippen LogP contribution in [0.25, 0.3) is 11.1 Å². The first-order valence-corrected chi connectivity index (χ1v) is 3.46. The number of aromatic nitrogens is 1. The van der Waals surface area contributed by atoms with Crippen molar-refractivity contribution in [2.24, 2.45) is 0 Å². The van der Waals surface area contributed by atoms with Crippen LogP contribution in [0.1, 0.15) is 10.5 Å². The third-order valence-corrected chi connectivity index (χ3v) is 1.65. The highest BCUT2D eigenvalue weighted by molar-refractivity contribution is 5.93. The second-order valence-electron chi connectivity index (χ2n) is 2.38. The molecule has 2 aromatic heterocycles. The van der Waals surface area contributed by atoms with Gasteiger partial charge in [-0.25, -0.2) is 4.79 Å². The van der Waals surface area contributed by atoms with Crippen molar-refractivity contribution < 1.29 is 13.9 Å². The Bertz CT molecular complexity index is 384. The number of fused-ring (bicyclic) bond motifs is 1. The quantitative estimate of drug-likeness (QED) is 0.652. The van der Waals surface area contributed by atoms with E-state index in [2.05, 4.69) is 9.72 Å². The molecule has 4 nitrogen and oxygen atoms in total. The van der Waals surface area contributed by atoms with Crippen LogP contribution < -0.4 is 0 Å². The molecular weight excluding hydrogens is 158 g/mol. The number of furan rings is 1. The molecule has 0 saturated heterocycles. The van der Waals surface area contributed by atoms with Crippen molar-refractivity contribution in [3.8, 4) is 0 Å². The molecule has 0 aliphatic heterocycles. The van der Waals surface area contributed by atoms with Crippen molar-refractivity contribution in [1.29, 1.82) is 0 Å². The highest BCUT2D eigenvalue weighted by atomic mass is 16.5. The van der Waals surface area contributed by atoms with Crippen molar-refractivity contribution in [3.05, 3.63) is 24.1 Å². The average molecular weight is 165 g/mol. The molecule has 0 spiro atoms. The fraction of sp³-hybridized carbons (Fsp3) is 0.125. The number of esters is 1. The molecule has 0 fully saturated rings. The van der Waals surface area contributed by atoms with Gasteiger partial charge in [0.05, 0.1) is 13.4 Å². The Morgan fingerprint density at radius 2 is 2.50 bits per heavy atom. The van der Waals surface area contributed by atoms with E-state index in [1.54, 1.807) is 18.4 Å². The maximum Gasteiger partial charge on any atom is 0.354 e. The van der Waals surface area contributed by atoms with Crippen molar-refractivity contribution in [1.82, 2.24) is 4.98 Å². The third kappa shape index (κ3) is 0.887. The lowest BCUT2D eigenvalue weighted by molar-refractivity contribution is 0.0595. The number of H-pyrrole nitrogens is 1. The molecule has 0 aliphatic rings. The van der Waals surface area contributed by atoms with Crippen LogP contribution in [0.2, 0.25) is 0 Å². The molecule has 12 heavy (non-hydrogen) atoms. The summed E-state index contributed by atoms with van der Waals surface area (Å²) in [6.45, 7) is 0. The summed E-state index contributed by atoms with van der Waals surface area (Å²) in [6.07, 6.45) is 1.56. The maximum atomic E-state index is 11.0. The van der Waals surface area contributed by atoms with Crippen LogP contribution in [-0.2, 0) is 4.74 Å². The monoisotopic (exact) mass is 165 g/mol. The van der Waals surface area contributed by atoms with Crippen LogP contribution in [0.5, 0.6) is 0 Å². The second-order valence-corrected chi connectivity index (χ2v) is 2.38. The SMILES string of the molecule is COC(=O)c1cc2ccoc2[nH]1. The molecule has 0 bridgehead atoms. The molecule has 0 aliphatic carbocycles. The van der Waals surface area contributed by atoms with Crippen molar-refractivity contribution in [2.75, 3.05) is 7.11 Å². The molecule has 0 atom stereocenters. The van der Waals surface area contributed by atoms with E-state index in [-0.39, 0.29) is 5.97 Å². The topological polar surface area (TPSA) is 55.2 Å². The maximum absolute atomic E-state index is 11.0.